The first-order valence-corrected chi connectivity index (χ1v) is 9.08. The zero-order chi connectivity index (χ0) is 18.8. The van der Waals surface area contributed by atoms with Crippen LogP contribution in [0.2, 0.25) is 0 Å². The first-order chi connectivity index (χ1) is 13.1. The number of ether oxygens (including phenoxy) is 1. The molecule has 8 heteroatoms. The van der Waals surface area contributed by atoms with Crippen LogP contribution in [-0.4, -0.2) is 62.9 Å². The number of nitrogens with zero attached hydrogens (tertiary/aromatic N) is 4. The minimum Gasteiger partial charge on any atom is -0.448 e. The number of amides is 2. The number of hydrogen-bond donors (Lipinski definition) is 1. The van der Waals surface area contributed by atoms with Crippen LogP contribution in [-0.2, 0) is 29.0 Å². The molecule has 2 aliphatic heterocycles. The van der Waals surface area contributed by atoms with Crippen LogP contribution in [0.15, 0.2) is 36.4 Å². The number of aliphatic hydroxyl groups excluding tert-OH is 1. The van der Waals surface area contributed by atoms with Gasteiger partial charge in [0.15, 0.2) is 0 Å². The lowest BCUT2D eigenvalue weighted by atomic mass is 10.1. The molecule has 1 aromatic heterocycles. The Kier molecular flexibility index (Phi) is 4.81. The summed E-state index contributed by atoms with van der Waals surface area (Å²) in [6, 6.07) is 11.6. The zero-order valence-corrected chi connectivity index (χ0v) is 15.0. The van der Waals surface area contributed by atoms with E-state index < -0.39 is 12.2 Å². The minimum atomic E-state index is -0.686. The molecule has 0 bridgehead atoms. The number of fused-ring (bicyclic) bond motifs is 1. The maximum atomic E-state index is 12.5. The monoisotopic (exact) mass is 370 g/mol. The van der Waals surface area contributed by atoms with Gasteiger partial charge >= 0.3 is 6.09 Å². The molecule has 1 saturated heterocycles. The van der Waals surface area contributed by atoms with Crippen LogP contribution in [0.25, 0.3) is 0 Å². The molecule has 1 fully saturated rings. The van der Waals surface area contributed by atoms with E-state index in [1.165, 1.54) is 4.90 Å². The van der Waals surface area contributed by atoms with Gasteiger partial charge in [-0.2, -0.15) is 5.10 Å². The van der Waals surface area contributed by atoms with Crippen LogP contribution in [0.5, 0.6) is 0 Å². The molecule has 0 radical (unpaired) electrons. The van der Waals surface area contributed by atoms with Crippen molar-refractivity contribution < 1.29 is 19.4 Å². The van der Waals surface area contributed by atoms with Crippen LogP contribution in [0.3, 0.4) is 0 Å². The number of rotatable bonds is 5. The first kappa shape index (κ1) is 17.5. The van der Waals surface area contributed by atoms with E-state index in [-0.39, 0.29) is 12.5 Å². The van der Waals surface area contributed by atoms with Gasteiger partial charge < -0.3 is 14.7 Å². The van der Waals surface area contributed by atoms with Crippen molar-refractivity contribution in [1.29, 1.82) is 0 Å². The normalized spacial score (nSPS) is 17.6. The minimum absolute atomic E-state index is 0.0382. The van der Waals surface area contributed by atoms with Crippen molar-refractivity contribution in [3.8, 4) is 0 Å². The third-order valence-corrected chi connectivity index (χ3v) is 4.95. The molecule has 1 N–H and O–H groups in total. The van der Waals surface area contributed by atoms with Crippen LogP contribution in [0.1, 0.15) is 23.1 Å². The van der Waals surface area contributed by atoms with E-state index in [9.17, 15) is 14.7 Å². The third-order valence-electron chi connectivity index (χ3n) is 4.95. The van der Waals surface area contributed by atoms with Gasteiger partial charge in [-0.1, -0.05) is 30.3 Å². The van der Waals surface area contributed by atoms with Crippen molar-refractivity contribution in [2.24, 2.45) is 0 Å². The molecule has 27 heavy (non-hydrogen) atoms. The van der Waals surface area contributed by atoms with E-state index in [0.29, 0.717) is 44.9 Å². The van der Waals surface area contributed by atoms with Crippen molar-refractivity contribution in [1.82, 2.24) is 19.6 Å². The molecule has 2 amide bonds. The highest BCUT2D eigenvalue weighted by molar-refractivity contribution is 5.83. The van der Waals surface area contributed by atoms with Gasteiger partial charge in [-0.05, 0) is 11.6 Å². The van der Waals surface area contributed by atoms with Gasteiger partial charge in [0.1, 0.15) is 19.3 Å². The van der Waals surface area contributed by atoms with Crippen molar-refractivity contribution in [2.45, 2.75) is 25.6 Å². The van der Waals surface area contributed by atoms with E-state index in [1.807, 2.05) is 41.1 Å². The van der Waals surface area contributed by atoms with Gasteiger partial charge in [-0.25, -0.2) is 4.79 Å². The number of aromatic nitrogens is 2. The van der Waals surface area contributed by atoms with E-state index in [0.717, 1.165) is 11.3 Å². The summed E-state index contributed by atoms with van der Waals surface area (Å²) in [7, 11) is 0. The molecule has 0 aliphatic carbocycles. The third kappa shape index (κ3) is 3.80. The molecule has 142 valence electrons. The lowest BCUT2D eigenvalue weighted by Gasteiger charge is -2.28. The number of carbonyl (C=O) groups is 2. The summed E-state index contributed by atoms with van der Waals surface area (Å²) in [5, 5.41) is 15.0. The maximum Gasteiger partial charge on any atom is 0.410 e. The number of aliphatic hydroxyl groups is 1. The second kappa shape index (κ2) is 7.40. The molecule has 3 heterocycles. The lowest BCUT2D eigenvalue weighted by Crippen LogP contribution is -2.44. The largest absolute Gasteiger partial charge is 0.448 e. The molecule has 2 aliphatic rings. The smallest absolute Gasteiger partial charge is 0.410 e. The van der Waals surface area contributed by atoms with Crippen LogP contribution in [0, 0.1) is 0 Å². The molecular formula is C19H22N4O4. The average molecular weight is 370 g/mol. The Morgan fingerprint density at radius 3 is 2.78 bits per heavy atom. The summed E-state index contributed by atoms with van der Waals surface area (Å²) in [6.07, 6.45) is -0.623. The van der Waals surface area contributed by atoms with Crippen molar-refractivity contribution >= 4 is 12.0 Å². The van der Waals surface area contributed by atoms with Crippen molar-refractivity contribution in [3.05, 3.63) is 53.3 Å². The van der Waals surface area contributed by atoms with E-state index in [1.54, 1.807) is 4.90 Å². The fourth-order valence-corrected chi connectivity index (χ4v) is 3.44. The van der Waals surface area contributed by atoms with Crippen LogP contribution >= 0.6 is 0 Å². The van der Waals surface area contributed by atoms with Crippen LogP contribution < -0.4 is 0 Å². The molecule has 0 unspecified atom stereocenters. The molecule has 1 atom stereocenters. The zero-order valence-electron chi connectivity index (χ0n) is 15.0. The molecule has 4 rings (SSSR count). The molecule has 1 aromatic carbocycles. The number of cyclic esters (lactones) is 1. The highest BCUT2D eigenvalue weighted by Gasteiger charge is 2.29. The Balaban J connectivity index is 1.39. The summed E-state index contributed by atoms with van der Waals surface area (Å²) in [4.78, 5) is 27.1. The van der Waals surface area contributed by atoms with E-state index in [2.05, 4.69) is 5.10 Å². The standard InChI is InChI=1S/C19H22N4O4/c24-17(10-14-4-2-1-3-5-14)16-11-15-12-21(6-7-23(15)20-16)18(25)13-22-8-9-27-19(22)26/h1-5,11,17,24H,6-10,12-13H2/t17-/m0/s1. The Labute approximate surface area is 156 Å². The fraction of sp³-hybridized carbons (Fsp3) is 0.421. The number of benzene rings is 1. The Morgan fingerprint density at radius 2 is 2.04 bits per heavy atom. The summed E-state index contributed by atoms with van der Waals surface area (Å²) in [6.45, 7) is 2.35. The summed E-state index contributed by atoms with van der Waals surface area (Å²) in [5.74, 6) is -0.104. The van der Waals surface area contributed by atoms with Gasteiger partial charge in [0.25, 0.3) is 0 Å². The summed E-state index contributed by atoms with van der Waals surface area (Å²) < 4.78 is 6.71. The predicted octanol–water partition coefficient (Wildman–Crippen LogP) is 0.954. The second-order valence-electron chi connectivity index (χ2n) is 6.84. The Morgan fingerprint density at radius 1 is 1.22 bits per heavy atom. The Bertz CT molecular complexity index is 835. The van der Waals surface area contributed by atoms with Gasteiger partial charge in [-0.3, -0.25) is 14.4 Å². The quantitative estimate of drug-likeness (QED) is 0.847. The molecule has 8 nitrogen and oxygen atoms in total. The maximum absolute atomic E-state index is 12.5. The first-order valence-electron chi connectivity index (χ1n) is 9.08. The SMILES string of the molecule is O=C(CN1CCOC1=O)N1CCn2nc([C@@H](O)Cc3ccccc3)cc2C1. The predicted molar refractivity (Wildman–Crippen MR) is 95.7 cm³/mol. The highest BCUT2D eigenvalue weighted by atomic mass is 16.6. The number of carbonyl (C=O) groups excluding carboxylic acids is 2. The second-order valence-corrected chi connectivity index (χ2v) is 6.84. The molecular weight excluding hydrogens is 348 g/mol. The van der Waals surface area contributed by atoms with Gasteiger partial charge in [0.05, 0.1) is 31.0 Å². The van der Waals surface area contributed by atoms with Crippen molar-refractivity contribution in [3.63, 3.8) is 0 Å². The average Bonchev–Trinajstić information content (AvgIpc) is 3.28. The van der Waals surface area contributed by atoms with E-state index in [4.69, 9.17) is 4.74 Å². The summed E-state index contributed by atoms with van der Waals surface area (Å²) in [5.41, 5.74) is 2.55. The fourth-order valence-electron chi connectivity index (χ4n) is 3.44. The number of hydrogen-bond acceptors (Lipinski definition) is 5. The highest BCUT2D eigenvalue weighted by Crippen LogP contribution is 2.21. The van der Waals surface area contributed by atoms with Crippen molar-refractivity contribution in [2.75, 3.05) is 26.2 Å². The van der Waals surface area contributed by atoms with E-state index >= 15 is 0 Å². The Hall–Kier alpha value is -2.87. The van der Waals surface area contributed by atoms with Gasteiger partial charge in [-0.15, -0.1) is 0 Å². The topological polar surface area (TPSA) is 87.9 Å². The molecule has 2 aromatic rings. The van der Waals surface area contributed by atoms with Gasteiger partial charge in [0.2, 0.25) is 5.91 Å². The van der Waals surface area contributed by atoms with Crippen LogP contribution in [0.4, 0.5) is 4.79 Å². The van der Waals surface area contributed by atoms with Gasteiger partial charge in [0, 0.05) is 13.0 Å². The molecule has 0 saturated carbocycles. The lowest BCUT2D eigenvalue weighted by molar-refractivity contribution is -0.133. The summed E-state index contributed by atoms with van der Waals surface area (Å²) >= 11 is 0. The molecule has 0 spiro atoms.